The molecule has 1 unspecified atom stereocenters. The highest BCUT2D eigenvalue weighted by Gasteiger charge is 2.20. The molecular formula is C14H15NO. The highest BCUT2D eigenvalue weighted by Crippen LogP contribution is 2.32. The molecule has 1 saturated carbocycles. The van der Waals surface area contributed by atoms with Gasteiger partial charge in [-0.1, -0.05) is 6.07 Å². The number of ketones is 1. The van der Waals surface area contributed by atoms with Gasteiger partial charge in [0.1, 0.15) is 5.78 Å². The van der Waals surface area contributed by atoms with E-state index in [0.29, 0.717) is 11.7 Å². The molecule has 3 rings (SSSR count). The van der Waals surface area contributed by atoms with Crippen molar-refractivity contribution in [3.8, 4) is 0 Å². The van der Waals surface area contributed by atoms with Crippen molar-refractivity contribution in [1.82, 2.24) is 4.98 Å². The maximum atomic E-state index is 11.5. The molecule has 1 N–H and O–H groups in total. The average molecular weight is 213 g/mol. The lowest BCUT2D eigenvalue weighted by atomic mass is 9.83. The van der Waals surface area contributed by atoms with Crippen molar-refractivity contribution in [3.05, 3.63) is 36.0 Å². The number of hydrogen-bond donors (Lipinski definition) is 1. The normalized spacial score (nSPS) is 21.5. The van der Waals surface area contributed by atoms with Crippen LogP contribution in [0.2, 0.25) is 0 Å². The largest absolute Gasteiger partial charge is 0.361 e. The molecule has 1 aliphatic rings. The van der Waals surface area contributed by atoms with Crippen LogP contribution in [0.15, 0.2) is 30.5 Å². The average Bonchev–Trinajstić information content (AvgIpc) is 2.75. The lowest BCUT2D eigenvalue weighted by molar-refractivity contribution is -0.120. The molecule has 16 heavy (non-hydrogen) atoms. The van der Waals surface area contributed by atoms with Crippen molar-refractivity contribution < 1.29 is 4.79 Å². The van der Waals surface area contributed by atoms with E-state index in [1.165, 1.54) is 16.5 Å². The van der Waals surface area contributed by atoms with Crippen LogP contribution in [0.5, 0.6) is 0 Å². The summed E-state index contributed by atoms with van der Waals surface area (Å²) in [5.41, 5.74) is 2.49. The minimum Gasteiger partial charge on any atom is -0.361 e. The van der Waals surface area contributed by atoms with Crippen LogP contribution in [0.1, 0.15) is 37.2 Å². The summed E-state index contributed by atoms with van der Waals surface area (Å²) in [5.74, 6) is 0.867. The van der Waals surface area contributed by atoms with Crippen LogP contribution < -0.4 is 0 Å². The van der Waals surface area contributed by atoms with Gasteiger partial charge in [-0.15, -0.1) is 0 Å². The lowest BCUT2D eigenvalue weighted by Gasteiger charge is -2.21. The molecule has 1 aromatic heterocycles. The molecule has 0 radical (unpaired) electrons. The van der Waals surface area contributed by atoms with E-state index in [-0.39, 0.29) is 0 Å². The Bertz CT molecular complexity index is 526. The summed E-state index contributed by atoms with van der Waals surface area (Å²) in [6.07, 6.45) is 5.68. The van der Waals surface area contributed by atoms with Gasteiger partial charge in [-0.2, -0.15) is 0 Å². The van der Waals surface area contributed by atoms with Crippen LogP contribution in [0, 0.1) is 0 Å². The number of carbonyl (C=O) groups excluding carboxylic acids is 1. The Morgan fingerprint density at radius 1 is 1.25 bits per heavy atom. The summed E-state index contributed by atoms with van der Waals surface area (Å²) < 4.78 is 0. The van der Waals surface area contributed by atoms with Gasteiger partial charge in [0, 0.05) is 24.6 Å². The van der Waals surface area contributed by atoms with E-state index in [4.69, 9.17) is 0 Å². The van der Waals surface area contributed by atoms with Gasteiger partial charge in [0.05, 0.1) is 0 Å². The third-order valence-corrected chi connectivity index (χ3v) is 3.53. The fourth-order valence-corrected chi connectivity index (χ4v) is 2.63. The molecule has 0 aliphatic heterocycles. The Labute approximate surface area is 94.7 Å². The van der Waals surface area contributed by atoms with Crippen LogP contribution in [0.4, 0.5) is 0 Å². The number of carbonyl (C=O) groups is 1. The smallest absolute Gasteiger partial charge is 0.133 e. The molecule has 1 heterocycles. The van der Waals surface area contributed by atoms with Crippen molar-refractivity contribution >= 4 is 16.7 Å². The van der Waals surface area contributed by atoms with Gasteiger partial charge in [-0.05, 0) is 47.9 Å². The van der Waals surface area contributed by atoms with E-state index in [9.17, 15) is 4.79 Å². The van der Waals surface area contributed by atoms with E-state index in [0.717, 1.165) is 25.7 Å². The molecule has 0 saturated heterocycles. The van der Waals surface area contributed by atoms with E-state index < -0.39 is 0 Å². The fourth-order valence-electron chi connectivity index (χ4n) is 2.63. The molecule has 1 aromatic carbocycles. The first-order chi connectivity index (χ1) is 7.83. The Morgan fingerprint density at radius 2 is 2.19 bits per heavy atom. The third kappa shape index (κ3) is 1.64. The van der Waals surface area contributed by atoms with Crippen molar-refractivity contribution in [2.45, 2.75) is 31.6 Å². The zero-order chi connectivity index (χ0) is 11.0. The molecule has 2 aromatic rings. The predicted molar refractivity (Wildman–Crippen MR) is 64.5 cm³/mol. The van der Waals surface area contributed by atoms with Gasteiger partial charge in [0.25, 0.3) is 0 Å². The molecule has 82 valence electrons. The monoisotopic (exact) mass is 213 g/mol. The number of rotatable bonds is 1. The number of nitrogens with one attached hydrogen (secondary N) is 1. The summed E-state index contributed by atoms with van der Waals surface area (Å²) in [6.45, 7) is 0. The maximum absolute atomic E-state index is 11.5. The van der Waals surface area contributed by atoms with E-state index in [1.54, 1.807) is 0 Å². The Balaban J connectivity index is 1.95. The highest BCUT2D eigenvalue weighted by atomic mass is 16.1. The minimum atomic E-state index is 0.422. The maximum Gasteiger partial charge on any atom is 0.133 e. The molecular weight excluding hydrogens is 198 g/mol. The van der Waals surface area contributed by atoms with Gasteiger partial charge in [0.15, 0.2) is 0 Å². The number of fused-ring (bicyclic) bond motifs is 1. The van der Waals surface area contributed by atoms with Gasteiger partial charge in [-0.3, -0.25) is 4.79 Å². The molecule has 0 spiro atoms. The standard InChI is InChI=1S/C14H15NO/c16-13-3-1-2-10(9-13)11-4-5-14-12(8-11)6-7-15-14/h4-8,10,15H,1-3,9H2. The molecule has 1 fully saturated rings. The van der Waals surface area contributed by atoms with E-state index in [2.05, 4.69) is 29.2 Å². The van der Waals surface area contributed by atoms with Gasteiger partial charge in [0.2, 0.25) is 0 Å². The SMILES string of the molecule is O=C1CCCC(c2ccc3[nH]ccc3c2)C1. The Kier molecular flexibility index (Phi) is 2.28. The zero-order valence-electron chi connectivity index (χ0n) is 9.20. The zero-order valence-corrected chi connectivity index (χ0v) is 9.20. The van der Waals surface area contributed by atoms with Crippen LogP contribution >= 0.6 is 0 Å². The van der Waals surface area contributed by atoms with Crippen LogP contribution in [-0.2, 0) is 4.79 Å². The molecule has 0 amide bonds. The molecule has 0 bridgehead atoms. The molecule has 1 aliphatic carbocycles. The first-order valence-electron chi connectivity index (χ1n) is 5.92. The first kappa shape index (κ1) is 9.64. The fraction of sp³-hybridized carbons (Fsp3) is 0.357. The summed E-state index contributed by atoms with van der Waals surface area (Å²) in [6, 6.07) is 8.57. The number of hydrogen-bond acceptors (Lipinski definition) is 1. The van der Waals surface area contributed by atoms with Crippen LogP contribution in [-0.4, -0.2) is 10.8 Å². The number of aromatic nitrogens is 1. The van der Waals surface area contributed by atoms with E-state index >= 15 is 0 Å². The summed E-state index contributed by atoms with van der Waals surface area (Å²) >= 11 is 0. The predicted octanol–water partition coefficient (Wildman–Crippen LogP) is 3.39. The van der Waals surface area contributed by atoms with Crippen molar-refractivity contribution in [1.29, 1.82) is 0 Å². The quantitative estimate of drug-likeness (QED) is 0.773. The second-order valence-electron chi connectivity index (χ2n) is 4.66. The van der Waals surface area contributed by atoms with Gasteiger partial charge < -0.3 is 4.98 Å². The van der Waals surface area contributed by atoms with Gasteiger partial charge in [-0.25, -0.2) is 0 Å². The first-order valence-corrected chi connectivity index (χ1v) is 5.92. The summed E-state index contributed by atoms with van der Waals surface area (Å²) in [5, 5.41) is 1.25. The van der Waals surface area contributed by atoms with Crippen molar-refractivity contribution in [2.24, 2.45) is 0 Å². The number of aromatic amines is 1. The van der Waals surface area contributed by atoms with Crippen molar-refractivity contribution in [3.63, 3.8) is 0 Å². The topological polar surface area (TPSA) is 32.9 Å². The van der Waals surface area contributed by atoms with Crippen molar-refractivity contribution in [2.75, 3.05) is 0 Å². The van der Waals surface area contributed by atoms with Crippen LogP contribution in [0.25, 0.3) is 10.9 Å². The lowest BCUT2D eigenvalue weighted by Crippen LogP contribution is -2.13. The van der Waals surface area contributed by atoms with E-state index in [1.807, 2.05) is 6.20 Å². The summed E-state index contributed by atoms with van der Waals surface area (Å²) in [4.78, 5) is 14.6. The minimum absolute atomic E-state index is 0.422. The molecule has 2 nitrogen and oxygen atoms in total. The number of benzene rings is 1. The number of Topliss-reactive ketones (excluding diaryl/α,β-unsaturated/α-hetero) is 1. The Hall–Kier alpha value is -1.57. The second kappa shape index (κ2) is 3.78. The van der Waals surface area contributed by atoms with Gasteiger partial charge >= 0.3 is 0 Å². The summed E-state index contributed by atoms with van der Waals surface area (Å²) in [7, 11) is 0. The Morgan fingerprint density at radius 3 is 3.06 bits per heavy atom. The second-order valence-corrected chi connectivity index (χ2v) is 4.66. The number of H-pyrrole nitrogens is 1. The third-order valence-electron chi connectivity index (χ3n) is 3.53. The van der Waals surface area contributed by atoms with Crippen LogP contribution in [0.3, 0.4) is 0 Å². The highest BCUT2D eigenvalue weighted by molar-refractivity contribution is 5.82. The molecule has 2 heteroatoms. The molecule has 1 atom stereocenters.